The van der Waals surface area contributed by atoms with Crippen LogP contribution in [-0.2, 0) is 16.6 Å². The number of piperidine rings is 1. The van der Waals surface area contributed by atoms with E-state index in [-0.39, 0.29) is 17.1 Å². The third-order valence-corrected chi connectivity index (χ3v) is 8.22. The van der Waals surface area contributed by atoms with Gasteiger partial charge in [-0.2, -0.15) is 0 Å². The summed E-state index contributed by atoms with van der Waals surface area (Å²) in [5, 5.41) is 12.2. The van der Waals surface area contributed by atoms with E-state index >= 15 is 0 Å². The van der Waals surface area contributed by atoms with Gasteiger partial charge in [0.05, 0.1) is 24.9 Å². The Morgan fingerprint density at radius 2 is 2.12 bits per heavy atom. The molecule has 0 radical (unpaired) electrons. The highest BCUT2D eigenvalue weighted by atomic mass is 16.6. The average Bonchev–Trinajstić information content (AvgIpc) is 3.56. The molecule has 2 saturated heterocycles. The van der Waals surface area contributed by atoms with E-state index in [4.69, 9.17) is 9.47 Å². The number of methoxy groups -OCH3 is 1. The molecule has 6 rings (SSSR count). The number of fused-ring (bicyclic) bond motifs is 1. The van der Waals surface area contributed by atoms with Gasteiger partial charge in [-0.05, 0) is 80.7 Å². The van der Waals surface area contributed by atoms with Gasteiger partial charge in [0.2, 0.25) is 0 Å². The molecule has 4 atom stereocenters. The van der Waals surface area contributed by atoms with E-state index in [0.29, 0.717) is 0 Å². The average molecular weight is 355 g/mol. The maximum absolute atomic E-state index is 12.2. The number of hydrogen-bond acceptors (Lipinski definition) is 4. The van der Waals surface area contributed by atoms with Crippen LogP contribution in [0.3, 0.4) is 0 Å². The molecule has 1 N–H and O–H groups in total. The van der Waals surface area contributed by atoms with Gasteiger partial charge in [-0.25, -0.2) is 0 Å². The fourth-order valence-corrected chi connectivity index (χ4v) is 6.51. The van der Waals surface area contributed by atoms with Crippen molar-refractivity contribution in [3.8, 4) is 5.75 Å². The van der Waals surface area contributed by atoms with Gasteiger partial charge in [0.25, 0.3) is 0 Å². The summed E-state index contributed by atoms with van der Waals surface area (Å²) < 4.78 is 11.5. The van der Waals surface area contributed by atoms with E-state index in [1.165, 1.54) is 30.5 Å². The highest BCUT2D eigenvalue weighted by Gasteiger charge is 2.69. The summed E-state index contributed by atoms with van der Waals surface area (Å²) in [6.45, 7) is 3.16. The van der Waals surface area contributed by atoms with Crippen molar-refractivity contribution in [2.24, 2.45) is 5.92 Å². The maximum Gasteiger partial charge on any atom is 0.119 e. The highest BCUT2D eigenvalue weighted by Crippen LogP contribution is 2.63. The topological polar surface area (TPSA) is 45.2 Å². The molecule has 5 aliphatic rings. The number of likely N-dealkylation sites (tertiary alicyclic amines) is 1. The Labute approximate surface area is 155 Å². The van der Waals surface area contributed by atoms with Gasteiger partial charge in [0.15, 0.2) is 0 Å². The van der Waals surface area contributed by atoms with Crippen LogP contribution in [0, 0.1) is 5.92 Å². The summed E-state index contributed by atoms with van der Waals surface area (Å²) >= 11 is 0. The lowest BCUT2D eigenvalue weighted by Crippen LogP contribution is -2.74. The molecule has 4 heteroatoms. The SMILES string of the molecule is COc1ccc2c(c1)[C@]13CCN(CC4CC4)[C@H](C2)[C@]1(O)CC[C@@]1(CO1)C3. The number of epoxide rings is 1. The Morgan fingerprint density at radius 3 is 2.85 bits per heavy atom. The van der Waals surface area contributed by atoms with Gasteiger partial charge in [-0.3, -0.25) is 4.90 Å². The Morgan fingerprint density at radius 1 is 1.27 bits per heavy atom. The van der Waals surface area contributed by atoms with Crippen molar-refractivity contribution < 1.29 is 14.6 Å². The number of ether oxygens (including phenoxy) is 2. The first-order chi connectivity index (χ1) is 12.6. The van der Waals surface area contributed by atoms with Crippen LogP contribution >= 0.6 is 0 Å². The minimum absolute atomic E-state index is 0.0349. The fourth-order valence-electron chi connectivity index (χ4n) is 6.51. The lowest BCUT2D eigenvalue weighted by molar-refractivity contribution is -0.177. The molecule has 4 fully saturated rings. The molecule has 2 bridgehead atoms. The first-order valence-electron chi connectivity index (χ1n) is 10.4. The van der Waals surface area contributed by atoms with Gasteiger partial charge in [-0.1, -0.05) is 6.07 Å². The molecular formula is C22H29NO3. The third kappa shape index (κ3) is 2.01. The first-order valence-corrected chi connectivity index (χ1v) is 10.4. The molecule has 2 aliphatic heterocycles. The van der Waals surface area contributed by atoms with Crippen LogP contribution in [-0.4, -0.2) is 54.1 Å². The zero-order valence-electron chi connectivity index (χ0n) is 15.7. The molecule has 26 heavy (non-hydrogen) atoms. The molecule has 2 heterocycles. The van der Waals surface area contributed by atoms with Crippen LogP contribution in [0.5, 0.6) is 5.75 Å². The zero-order valence-corrected chi connectivity index (χ0v) is 15.7. The van der Waals surface area contributed by atoms with Gasteiger partial charge in [0, 0.05) is 18.0 Å². The van der Waals surface area contributed by atoms with Crippen LogP contribution in [0.25, 0.3) is 0 Å². The van der Waals surface area contributed by atoms with Gasteiger partial charge < -0.3 is 14.6 Å². The Balaban J connectivity index is 1.49. The monoisotopic (exact) mass is 355 g/mol. The molecule has 3 aliphatic carbocycles. The quantitative estimate of drug-likeness (QED) is 0.847. The predicted octanol–water partition coefficient (Wildman–Crippen LogP) is 2.66. The molecule has 1 aromatic carbocycles. The molecule has 2 saturated carbocycles. The molecule has 0 unspecified atom stereocenters. The van der Waals surface area contributed by atoms with Crippen molar-refractivity contribution in [2.75, 3.05) is 26.8 Å². The van der Waals surface area contributed by atoms with E-state index in [1.54, 1.807) is 7.11 Å². The smallest absolute Gasteiger partial charge is 0.119 e. The number of benzene rings is 1. The third-order valence-electron chi connectivity index (χ3n) is 8.22. The predicted molar refractivity (Wildman–Crippen MR) is 98.6 cm³/mol. The van der Waals surface area contributed by atoms with E-state index in [2.05, 4.69) is 23.1 Å². The molecule has 1 aromatic rings. The molecule has 1 spiro atoms. The number of nitrogens with zero attached hydrogens (tertiary/aromatic N) is 1. The van der Waals surface area contributed by atoms with Crippen LogP contribution in [0.2, 0.25) is 0 Å². The van der Waals surface area contributed by atoms with E-state index in [0.717, 1.165) is 56.9 Å². The van der Waals surface area contributed by atoms with Crippen molar-refractivity contribution in [3.05, 3.63) is 29.3 Å². The molecule has 4 nitrogen and oxygen atoms in total. The fraction of sp³-hybridized carbons (Fsp3) is 0.727. The largest absolute Gasteiger partial charge is 0.497 e. The second-order valence-corrected chi connectivity index (χ2v) is 9.59. The molecule has 0 aromatic heterocycles. The van der Waals surface area contributed by atoms with Gasteiger partial charge in [0.1, 0.15) is 5.75 Å². The standard InChI is InChI=1S/C22H29NO3/c1-25-17-5-4-16-10-19-22(24)7-6-20(14-26-20)13-21(22,18(16)11-17)8-9-23(19)12-15-2-3-15/h4-5,11,15,19,24H,2-3,6-10,12-14H2,1H3/t19-,20+,21-,22-/m1/s1. The van der Waals surface area contributed by atoms with Crippen LogP contribution in [0.15, 0.2) is 18.2 Å². The Kier molecular flexibility index (Phi) is 3.08. The van der Waals surface area contributed by atoms with E-state index in [9.17, 15) is 5.11 Å². The summed E-state index contributed by atoms with van der Waals surface area (Å²) in [6.07, 6.45) is 7.61. The Hall–Kier alpha value is -1.10. The van der Waals surface area contributed by atoms with E-state index < -0.39 is 5.60 Å². The van der Waals surface area contributed by atoms with Crippen molar-refractivity contribution in [2.45, 2.75) is 67.6 Å². The van der Waals surface area contributed by atoms with Crippen molar-refractivity contribution >= 4 is 0 Å². The minimum Gasteiger partial charge on any atom is -0.497 e. The summed E-state index contributed by atoms with van der Waals surface area (Å²) in [5.41, 5.74) is 1.99. The molecule has 140 valence electrons. The summed E-state index contributed by atoms with van der Waals surface area (Å²) in [7, 11) is 1.74. The van der Waals surface area contributed by atoms with Crippen molar-refractivity contribution in [1.29, 1.82) is 0 Å². The molecular weight excluding hydrogens is 326 g/mol. The highest BCUT2D eigenvalue weighted by molar-refractivity contribution is 5.49. The number of hydrogen-bond donors (Lipinski definition) is 1. The summed E-state index contributed by atoms with van der Waals surface area (Å²) in [5.74, 6) is 1.78. The zero-order chi connectivity index (χ0) is 17.6. The lowest BCUT2D eigenvalue weighted by Gasteiger charge is -2.64. The summed E-state index contributed by atoms with van der Waals surface area (Å²) in [4.78, 5) is 2.63. The maximum atomic E-state index is 12.2. The lowest BCUT2D eigenvalue weighted by atomic mass is 9.48. The van der Waals surface area contributed by atoms with Gasteiger partial charge >= 0.3 is 0 Å². The van der Waals surface area contributed by atoms with Crippen LogP contribution in [0.4, 0.5) is 0 Å². The first kappa shape index (κ1) is 15.9. The number of aliphatic hydroxyl groups is 1. The molecule has 0 amide bonds. The number of rotatable bonds is 3. The van der Waals surface area contributed by atoms with Crippen LogP contribution < -0.4 is 4.74 Å². The second-order valence-electron chi connectivity index (χ2n) is 9.59. The van der Waals surface area contributed by atoms with Crippen molar-refractivity contribution in [1.82, 2.24) is 4.90 Å². The van der Waals surface area contributed by atoms with E-state index in [1.807, 2.05) is 0 Å². The van der Waals surface area contributed by atoms with Crippen molar-refractivity contribution in [3.63, 3.8) is 0 Å². The van der Waals surface area contributed by atoms with Gasteiger partial charge in [-0.15, -0.1) is 0 Å². The normalized spacial score (nSPS) is 43.7. The van der Waals surface area contributed by atoms with Crippen LogP contribution in [0.1, 0.15) is 49.7 Å². The second kappa shape index (κ2) is 5.03. The minimum atomic E-state index is -0.628. The Bertz CT molecular complexity index is 756. The summed E-state index contributed by atoms with van der Waals surface area (Å²) in [6, 6.07) is 6.81.